The summed E-state index contributed by atoms with van der Waals surface area (Å²) in [5, 5.41) is 17.0. The molecule has 6 nitrogen and oxygen atoms in total. The van der Waals surface area contributed by atoms with Crippen molar-refractivity contribution in [3.8, 4) is 5.69 Å². The Balaban J connectivity index is 1.86. The number of rotatable bonds is 2. The van der Waals surface area contributed by atoms with Crippen molar-refractivity contribution in [1.82, 2.24) is 14.7 Å². The maximum absolute atomic E-state index is 12.2. The van der Waals surface area contributed by atoms with E-state index in [-0.39, 0.29) is 6.03 Å². The molecule has 1 aliphatic heterocycles. The third-order valence-electron chi connectivity index (χ3n) is 3.41. The lowest BCUT2D eigenvalue weighted by Gasteiger charge is -2.18. The van der Waals surface area contributed by atoms with Crippen molar-refractivity contribution in [1.29, 1.82) is 0 Å². The van der Waals surface area contributed by atoms with Crippen LogP contribution in [0, 0.1) is 0 Å². The first kappa shape index (κ1) is 13.9. The number of aromatic nitrogens is 2. The summed E-state index contributed by atoms with van der Waals surface area (Å²) >= 11 is 6.22. The molecule has 2 N–H and O–H groups in total. The molecule has 1 aromatic heterocycles. The second kappa shape index (κ2) is 5.75. The van der Waals surface area contributed by atoms with Crippen LogP contribution in [0.1, 0.15) is 6.42 Å². The molecular formula is C14H15ClN4O2. The first-order valence-corrected chi connectivity index (χ1v) is 7.05. The molecule has 0 saturated carbocycles. The van der Waals surface area contributed by atoms with Crippen LogP contribution < -0.4 is 5.32 Å². The zero-order valence-electron chi connectivity index (χ0n) is 11.2. The van der Waals surface area contributed by atoms with Crippen LogP contribution in [0.5, 0.6) is 0 Å². The number of hydrogen-bond acceptors (Lipinski definition) is 3. The number of likely N-dealkylation sites (tertiary alicyclic amines) is 1. The van der Waals surface area contributed by atoms with Gasteiger partial charge in [0, 0.05) is 25.5 Å². The number of amides is 2. The normalized spacial score (nSPS) is 18.0. The van der Waals surface area contributed by atoms with Crippen LogP contribution in [0.2, 0.25) is 5.02 Å². The van der Waals surface area contributed by atoms with Crippen molar-refractivity contribution in [2.45, 2.75) is 12.5 Å². The van der Waals surface area contributed by atoms with E-state index in [9.17, 15) is 9.90 Å². The maximum atomic E-state index is 12.2. The maximum Gasteiger partial charge on any atom is 0.321 e. The summed E-state index contributed by atoms with van der Waals surface area (Å²) in [4.78, 5) is 13.8. The molecule has 7 heteroatoms. The molecule has 0 bridgehead atoms. The molecular weight excluding hydrogens is 292 g/mol. The minimum atomic E-state index is -0.444. The van der Waals surface area contributed by atoms with Gasteiger partial charge in [0.15, 0.2) is 0 Å². The summed E-state index contributed by atoms with van der Waals surface area (Å²) in [5.74, 6) is 0. The number of nitrogens with zero attached hydrogens (tertiary/aromatic N) is 3. The monoisotopic (exact) mass is 306 g/mol. The zero-order valence-corrected chi connectivity index (χ0v) is 12.0. The van der Waals surface area contributed by atoms with Crippen LogP contribution in [-0.2, 0) is 0 Å². The van der Waals surface area contributed by atoms with Crippen LogP contribution >= 0.6 is 11.6 Å². The van der Waals surface area contributed by atoms with Crippen LogP contribution in [0.4, 0.5) is 10.5 Å². The molecule has 1 saturated heterocycles. The van der Waals surface area contributed by atoms with Gasteiger partial charge in [-0.05, 0) is 24.6 Å². The number of aliphatic hydroxyl groups is 1. The molecule has 21 heavy (non-hydrogen) atoms. The highest BCUT2D eigenvalue weighted by molar-refractivity contribution is 6.33. The van der Waals surface area contributed by atoms with Gasteiger partial charge in [-0.1, -0.05) is 17.7 Å². The highest BCUT2D eigenvalue weighted by atomic mass is 35.5. The van der Waals surface area contributed by atoms with Gasteiger partial charge < -0.3 is 15.3 Å². The number of aliphatic hydroxyl groups excluding tert-OH is 1. The number of hydrogen-bond donors (Lipinski definition) is 2. The fraction of sp³-hybridized carbons (Fsp3) is 0.286. The molecule has 2 heterocycles. The van der Waals surface area contributed by atoms with Gasteiger partial charge in [0.1, 0.15) is 5.69 Å². The molecule has 0 radical (unpaired) electrons. The Morgan fingerprint density at radius 2 is 2.29 bits per heavy atom. The topological polar surface area (TPSA) is 70.4 Å². The Kier molecular flexibility index (Phi) is 3.81. The minimum absolute atomic E-state index is 0.248. The largest absolute Gasteiger partial charge is 0.391 e. The number of β-amino-alcohol motifs (C(OH)–C–C–N with tert-alkyl or cyclic N) is 1. The van der Waals surface area contributed by atoms with Gasteiger partial charge in [-0.25, -0.2) is 9.48 Å². The van der Waals surface area contributed by atoms with Gasteiger partial charge in [0.2, 0.25) is 0 Å². The molecule has 1 atom stereocenters. The Labute approximate surface area is 126 Å². The first-order chi connectivity index (χ1) is 10.1. The number of carbonyl (C=O) groups excluding carboxylic acids is 1. The van der Waals surface area contributed by atoms with Crippen molar-refractivity contribution < 1.29 is 9.90 Å². The van der Waals surface area contributed by atoms with Crippen molar-refractivity contribution in [3.63, 3.8) is 0 Å². The molecule has 1 aromatic carbocycles. The fourth-order valence-electron chi connectivity index (χ4n) is 2.37. The highest BCUT2D eigenvalue weighted by Crippen LogP contribution is 2.28. The summed E-state index contributed by atoms with van der Waals surface area (Å²) in [6.07, 6.45) is 3.57. The Bertz CT molecular complexity index is 644. The summed E-state index contributed by atoms with van der Waals surface area (Å²) in [6, 6.07) is 6.82. The molecule has 0 unspecified atom stereocenters. The Morgan fingerprint density at radius 3 is 2.95 bits per heavy atom. The number of halogens is 1. The van der Waals surface area contributed by atoms with E-state index in [1.807, 2.05) is 0 Å². The van der Waals surface area contributed by atoms with Crippen molar-refractivity contribution in [3.05, 3.63) is 41.7 Å². The van der Waals surface area contributed by atoms with Crippen LogP contribution in [0.3, 0.4) is 0 Å². The number of nitrogens with one attached hydrogen (secondary N) is 1. The lowest BCUT2D eigenvalue weighted by atomic mass is 10.2. The van der Waals surface area contributed by atoms with Gasteiger partial charge in [-0.2, -0.15) is 5.10 Å². The smallest absolute Gasteiger partial charge is 0.321 e. The average Bonchev–Trinajstić information content (AvgIpc) is 3.10. The summed E-state index contributed by atoms with van der Waals surface area (Å²) in [6.45, 7) is 0.897. The van der Waals surface area contributed by atoms with Crippen molar-refractivity contribution in [2.24, 2.45) is 0 Å². The van der Waals surface area contributed by atoms with Crippen LogP contribution in [0.25, 0.3) is 5.69 Å². The first-order valence-electron chi connectivity index (χ1n) is 6.67. The highest BCUT2D eigenvalue weighted by Gasteiger charge is 2.25. The predicted molar refractivity (Wildman–Crippen MR) is 79.8 cm³/mol. The summed E-state index contributed by atoms with van der Waals surface area (Å²) < 4.78 is 1.61. The van der Waals surface area contributed by atoms with Crippen LogP contribution in [-0.4, -0.2) is 45.0 Å². The number of urea groups is 1. The lowest BCUT2D eigenvalue weighted by Crippen LogP contribution is -2.33. The molecule has 0 aliphatic carbocycles. The number of benzene rings is 1. The van der Waals surface area contributed by atoms with Gasteiger partial charge in [-0.15, -0.1) is 0 Å². The van der Waals surface area contributed by atoms with E-state index in [0.717, 1.165) is 0 Å². The van der Waals surface area contributed by atoms with Gasteiger partial charge in [0.05, 0.1) is 16.8 Å². The fourth-order valence-corrected chi connectivity index (χ4v) is 2.63. The molecule has 0 spiro atoms. The molecule has 2 aromatic rings. The third-order valence-corrected chi connectivity index (χ3v) is 3.72. The van der Waals surface area contributed by atoms with E-state index in [4.69, 9.17) is 11.6 Å². The molecule has 2 amide bonds. The summed E-state index contributed by atoms with van der Waals surface area (Å²) in [7, 11) is 0. The molecule has 3 rings (SSSR count). The van der Waals surface area contributed by atoms with Crippen LogP contribution in [0.15, 0.2) is 36.7 Å². The number of carbonyl (C=O) groups is 1. The SMILES string of the molecule is O=C(Nc1cccc(Cl)c1-n1cccn1)N1CC[C@H](O)C1. The minimum Gasteiger partial charge on any atom is -0.391 e. The second-order valence-electron chi connectivity index (χ2n) is 4.91. The van der Waals surface area contributed by atoms with E-state index in [0.29, 0.717) is 35.9 Å². The molecule has 1 aliphatic rings. The summed E-state index contributed by atoms with van der Waals surface area (Å²) in [5.41, 5.74) is 1.20. The average molecular weight is 307 g/mol. The quantitative estimate of drug-likeness (QED) is 0.893. The molecule has 1 fully saturated rings. The third kappa shape index (κ3) is 2.86. The van der Waals surface area contributed by atoms with Gasteiger partial charge in [-0.3, -0.25) is 0 Å². The lowest BCUT2D eigenvalue weighted by molar-refractivity contribution is 0.176. The van der Waals surface area contributed by atoms with E-state index in [2.05, 4.69) is 10.4 Å². The van der Waals surface area contributed by atoms with Crippen molar-refractivity contribution in [2.75, 3.05) is 18.4 Å². The van der Waals surface area contributed by atoms with Crippen molar-refractivity contribution >= 4 is 23.3 Å². The van der Waals surface area contributed by atoms with Gasteiger partial charge in [0.25, 0.3) is 0 Å². The second-order valence-corrected chi connectivity index (χ2v) is 5.31. The van der Waals surface area contributed by atoms with E-state index < -0.39 is 6.10 Å². The number of para-hydroxylation sites is 1. The predicted octanol–water partition coefficient (Wildman–Crippen LogP) is 2.12. The zero-order chi connectivity index (χ0) is 14.8. The Hall–Kier alpha value is -2.05. The van der Waals surface area contributed by atoms with E-state index >= 15 is 0 Å². The Morgan fingerprint density at radius 1 is 1.43 bits per heavy atom. The number of anilines is 1. The van der Waals surface area contributed by atoms with E-state index in [1.54, 1.807) is 46.2 Å². The van der Waals surface area contributed by atoms with Gasteiger partial charge >= 0.3 is 6.03 Å². The molecule has 110 valence electrons. The standard InChI is InChI=1S/C14H15ClN4O2/c15-11-3-1-4-12(13(11)19-7-2-6-16-19)17-14(21)18-8-5-10(20)9-18/h1-4,6-7,10,20H,5,8-9H2,(H,17,21)/t10-/m0/s1. The van der Waals surface area contributed by atoms with E-state index in [1.165, 1.54) is 0 Å².